The molecule has 0 saturated heterocycles. The van der Waals surface area contributed by atoms with Gasteiger partial charge in [-0.15, -0.1) is 0 Å². The van der Waals surface area contributed by atoms with Crippen LogP contribution < -0.4 is 5.32 Å². The number of likely N-dealkylation sites (N-methyl/N-ethyl adjacent to an activating group) is 1. The minimum absolute atomic E-state index is 0.0324. The Morgan fingerprint density at radius 3 is 2.92 bits per heavy atom. The van der Waals surface area contributed by atoms with Crippen molar-refractivity contribution in [2.24, 2.45) is 0 Å². The highest BCUT2D eigenvalue weighted by Gasteiger charge is 2.07. The molecule has 0 spiro atoms. The molecular weight excluding hydrogens is 220 g/mol. The SMILES string of the molecule is CNC(CO)c1cncc(Br)c1. The first-order valence-corrected chi connectivity index (χ1v) is 4.45. The number of nitrogens with zero attached hydrogens (tertiary/aromatic N) is 1. The molecule has 0 bridgehead atoms. The van der Waals surface area contributed by atoms with E-state index in [4.69, 9.17) is 5.11 Å². The number of aliphatic hydroxyl groups is 1. The summed E-state index contributed by atoms with van der Waals surface area (Å²) < 4.78 is 0.925. The first-order chi connectivity index (χ1) is 5.77. The summed E-state index contributed by atoms with van der Waals surface area (Å²) in [5.41, 5.74) is 0.981. The van der Waals surface area contributed by atoms with Crippen molar-refractivity contribution in [2.75, 3.05) is 13.7 Å². The Morgan fingerprint density at radius 1 is 1.67 bits per heavy atom. The van der Waals surface area contributed by atoms with Crippen LogP contribution in [-0.2, 0) is 0 Å². The lowest BCUT2D eigenvalue weighted by molar-refractivity contribution is 0.250. The summed E-state index contributed by atoms with van der Waals surface area (Å²) in [5.74, 6) is 0. The van der Waals surface area contributed by atoms with Gasteiger partial charge in [0.2, 0.25) is 0 Å². The largest absolute Gasteiger partial charge is 0.394 e. The van der Waals surface area contributed by atoms with Crippen LogP contribution in [0.1, 0.15) is 11.6 Å². The molecule has 0 saturated carbocycles. The Morgan fingerprint density at radius 2 is 2.42 bits per heavy atom. The van der Waals surface area contributed by atoms with Gasteiger partial charge < -0.3 is 10.4 Å². The van der Waals surface area contributed by atoms with Crippen molar-refractivity contribution < 1.29 is 5.11 Å². The minimum atomic E-state index is -0.0324. The Bertz CT molecular complexity index is 251. The molecule has 1 heterocycles. The number of pyridine rings is 1. The monoisotopic (exact) mass is 230 g/mol. The number of hydrogen-bond acceptors (Lipinski definition) is 3. The van der Waals surface area contributed by atoms with Crippen molar-refractivity contribution in [3.8, 4) is 0 Å². The molecule has 0 aliphatic heterocycles. The molecule has 66 valence electrons. The standard InChI is InChI=1S/C8H11BrN2O/c1-10-8(5-12)6-2-7(9)4-11-3-6/h2-4,8,10,12H,5H2,1H3. The highest BCUT2D eigenvalue weighted by atomic mass is 79.9. The van der Waals surface area contributed by atoms with Crippen molar-refractivity contribution in [3.05, 3.63) is 28.5 Å². The average Bonchev–Trinajstić information content (AvgIpc) is 2.07. The molecule has 4 heteroatoms. The van der Waals surface area contributed by atoms with Crippen LogP contribution in [0, 0.1) is 0 Å². The summed E-state index contributed by atoms with van der Waals surface area (Å²) in [6.07, 6.45) is 3.45. The molecule has 0 fully saturated rings. The highest BCUT2D eigenvalue weighted by Crippen LogP contribution is 2.15. The molecule has 12 heavy (non-hydrogen) atoms. The summed E-state index contributed by atoms with van der Waals surface area (Å²) in [7, 11) is 1.81. The van der Waals surface area contributed by atoms with E-state index < -0.39 is 0 Å². The first-order valence-electron chi connectivity index (χ1n) is 3.66. The topological polar surface area (TPSA) is 45.1 Å². The molecule has 1 aromatic rings. The number of aromatic nitrogens is 1. The molecule has 1 aromatic heterocycles. The fourth-order valence-electron chi connectivity index (χ4n) is 0.982. The van der Waals surface area contributed by atoms with E-state index in [1.165, 1.54) is 0 Å². The lowest BCUT2D eigenvalue weighted by atomic mass is 10.1. The molecule has 3 nitrogen and oxygen atoms in total. The van der Waals surface area contributed by atoms with E-state index in [1.54, 1.807) is 12.4 Å². The second kappa shape index (κ2) is 4.54. The van der Waals surface area contributed by atoms with Gasteiger partial charge in [0.1, 0.15) is 0 Å². The van der Waals surface area contributed by atoms with Gasteiger partial charge in [-0.05, 0) is 34.6 Å². The second-order valence-corrected chi connectivity index (χ2v) is 3.38. The molecule has 0 radical (unpaired) electrons. The number of hydrogen-bond donors (Lipinski definition) is 2. The van der Waals surface area contributed by atoms with Gasteiger partial charge in [-0.2, -0.15) is 0 Å². The van der Waals surface area contributed by atoms with Crippen LogP contribution in [0.5, 0.6) is 0 Å². The van der Waals surface area contributed by atoms with Crippen molar-refractivity contribution in [1.29, 1.82) is 0 Å². The Kier molecular flexibility index (Phi) is 3.65. The Labute approximate surface area is 80.0 Å². The summed E-state index contributed by atoms with van der Waals surface area (Å²) in [5, 5.41) is 11.9. The molecule has 0 aromatic carbocycles. The third-order valence-corrected chi connectivity index (χ3v) is 2.09. The summed E-state index contributed by atoms with van der Waals surface area (Å²) in [6.45, 7) is 0.0780. The lowest BCUT2D eigenvalue weighted by Crippen LogP contribution is -2.19. The predicted octanol–water partition coefficient (Wildman–Crippen LogP) is 1.10. The van der Waals surface area contributed by atoms with Gasteiger partial charge in [-0.1, -0.05) is 0 Å². The van der Waals surface area contributed by atoms with Crippen molar-refractivity contribution >= 4 is 15.9 Å². The maximum atomic E-state index is 8.96. The van der Waals surface area contributed by atoms with Crippen LogP contribution in [0.4, 0.5) is 0 Å². The van der Waals surface area contributed by atoms with Crippen molar-refractivity contribution in [2.45, 2.75) is 6.04 Å². The van der Waals surface area contributed by atoms with Gasteiger partial charge in [0.25, 0.3) is 0 Å². The van der Waals surface area contributed by atoms with Crippen molar-refractivity contribution in [3.63, 3.8) is 0 Å². The zero-order valence-corrected chi connectivity index (χ0v) is 8.37. The first kappa shape index (κ1) is 9.64. The van der Waals surface area contributed by atoms with Crippen LogP contribution in [-0.4, -0.2) is 23.7 Å². The van der Waals surface area contributed by atoms with E-state index in [0.717, 1.165) is 10.0 Å². The Balaban J connectivity index is 2.85. The summed E-state index contributed by atoms with van der Waals surface area (Å²) in [4.78, 5) is 4.00. The Hall–Kier alpha value is -0.450. The third-order valence-electron chi connectivity index (χ3n) is 1.66. The maximum Gasteiger partial charge on any atom is 0.0627 e. The number of halogens is 1. The molecule has 0 aliphatic carbocycles. The van der Waals surface area contributed by atoms with Crippen LogP contribution >= 0.6 is 15.9 Å². The quantitative estimate of drug-likeness (QED) is 0.818. The molecule has 1 atom stereocenters. The van der Waals surface area contributed by atoms with E-state index >= 15 is 0 Å². The van der Waals surface area contributed by atoms with Crippen LogP contribution in [0.3, 0.4) is 0 Å². The van der Waals surface area contributed by atoms with E-state index in [0.29, 0.717) is 0 Å². The van der Waals surface area contributed by atoms with E-state index in [1.807, 2.05) is 13.1 Å². The summed E-state index contributed by atoms with van der Waals surface area (Å²) >= 11 is 3.32. The van der Waals surface area contributed by atoms with Gasteiger partial charge in [0, 0.05) is 16.9 Å². The molecule has 2 N–H and O–H groups in total. The zero-order valence-electron chi connectivity index (χ0n) is 6.79. The van der Waals surface area contributed by atoms with Gasteiger partial charge in [-0.25, -0.2) is 0 Å². The van der Waals surface area contributed by atoms with Crippen LogP contribution in [0.25, 0.3) is 0 Å². The van der Waals surface area contributed by atoms with Gasteiger partial charge in [0.15, 0.2) is 0 Å². The van der Waals surface area contributed by atoms with Gasteiger partial charge in [0.05, 0.1) is 12.6 Å². The minimum Gasteiger partial charge on any atom is -0.394 e. The summed E-state index contributed by atoms with van der Waals surface area (Å²) in [6, 6.07) is 1.90. The fraction of sp³-hybridized carbons (Fsp3) is 0.375. The zero-order chi connectivity index (χ0) is 8.97. The molecule has 1 unspecified atom stereocenters. The smallest absolute Gasteiger partial charge is 0.0627 e. The predicted molar refractivity (Wildman–Crippen MR) is 50.8 cm³/mol. The fourth-order valence-corrected chi connectivity index (χ4v) is 1.36. The molecule has 1 rings (SSSR count). The molecule has 0 aliphatic rings. The van der Waals surface area contributed by atoms with Crippen molar-refractivity contribution in [1.82, 2.24) is 10.3 Å². The number of aliphatic hydroxyl groups excluding tert-OH is 1. The highest BCUT2D eigenvalue weighted by molar-refractivity contribution is 9.10. The maximum absolute atomic E-state index is 8.96. The third kappa shape index (κ3) is 2.27. The normalized spacial score (nSPS) is 12.9. The van der Waals surface area contributed by atoms with Gasteiger partial charge >= 0.3 is 0 Å². The lowest BCUT2D eigenvalue weighted by Gasteiger charge is -2.12. The van der Waals surface area contributed by atoms with E-state index in [2.05, 4.69) is 26.2 Å². The molecular formula is C8H11BrN2O. The number of rotatable bonds is 3. The van der Waals surface area contributed by atoms with Crippen LogP contribution in [0.15, 0.2) is 22.9 Å². The van der Waals surface area contributed by atoms with Crippen LogP contribution in [0.2, 0.25) is 0 Å². The number of nitrogens with one attached hydrogen (secondary N) is 1. The van der Waals surface area contributed by atoms with Gasteiger partial charge in [-0.3, -0.25) is 4.98 Å². The molecule has 0 amide bonds. The second-order valence-electron chi connectivity index (χ2n) is 2.46. The van der Waals surface area contributed by atoms with E-state index in [-0.39, 0.29) is 12.6 Å². The average molecular weight is 231 g/mol. The van der Waals surface area contributed by atoms with E-state index in [9.17, 15) is 0 Å².